The molecule has 0 aliphatic rings. The molecule has 0 radical (unpaired) electrons. The molecule has 0 aliphatic heterocycles. The number of hydrogen-bond donors (Lipinski definition) is 1. The van der Waals surface area contributed by atoms with Crippen molar-refractivity contribution in [2.75, 3.05) is 12.8 Å². The van der Waals surface area contributed by atoms with E-state index in [-0.39, 0.29) is 5.75 Å². The Morgan fingerprint density at radius 1 is 1.27 bits per heavy atom. The molecule has 2 heterocycles. The van der Waals surface area contributed by atoms with Crippen molar-refractivity contribution in [3.63, 3.8) is 0 Å². The molecule has 0 amide bonds. The minimum Gasteiger partial charge on any atom is -0.494 e. The highest BCUT2D eigenvalue weighted by Gasteiger charge is 2.07. The lowest BCUT2D eigenvalue weighted by Crippen LogP contribution is -2.01. The van der Waals surface area contributed by atoms with Crippen LogP contribution in [0.15, 0.2) is 43.0 Å². The number of aromatic nitrogens is 4. The van der Waals surface area contributed by atoms with Gasteiger partial charge in [0, 0.05) is 17.8 Å². The van der Waals surface area contributed by atoms with Crippen LogP contribution in [-0.2, 0) is 6.54 Å². The lowest BCUT2D eigenvalue weighted by Gasteiger charge is -2.05. The van der Waals surface area contributed by atoms with Gasteiger partial charge in [0.15, 0.2) is 11.6 Å². The highest BCUT2D eigenvalue weighted by Crippen LogP contribution is 2.20. The third-order valence-corrected chi connectivity index (χ3v) is 3.18. The number of hydrogen-bond acceptors (Lipinski definition) is 5. The minimum absolute atomic E-state index is 0.223. The third kappa shape index (κ3) is 2.88. The zero-order valence-electron chi connectivity index (χ0n) is 11.9. The van der Waals surface area contributed by atoms with E-state index >= 15 is 0 Å². The van der Waals surface area contributed by atoms with Crippen LogP contribution in [0.25, 0.3) is 11.3 Å². The number of nitrogens with two attached hydrogens (primary N) is 1. The van der Waals surface area contributed by atoms with Crippen LogP contribution >= 0.6 is 0 Å². The molecule has 0 unspecified atom stereocenters. The van der Waals surface area contributed by atoms with Gasteiger partial charge in [0.25, 0.3) is 0 Å². The molecule has 7 heteroatoms. The average molecular weight is 299 g/mol. The van der Waals surface area contributed by atoms with Crippen molar-refractivity contribution >= 4 is 5.82 Å². The second kappa shape index (κ2) is 5.80. The van der Waals surface area contributed by atoms with Crippen LogP contribution in [0.4, 0.5) is 10.2 Å². The molecule has 0 saturated heterocycles. The van der Waals surface area contributed by atoms with Gasteiger partial charge in [-0.25, -0.2) is 14.4 Å². The van der Waals surface area contributed by atoms with Crippen LogP contribution in [0.3, 0.4) is 0 Å². The Kier molecular flexibility index (Phi) is 3.69. The van der Waals surface area contributed by atoms with E-state index in [2.05, 4.69) is 15.1 Å². The summed E-state index contributed by atoms with van der Waals surface area (Å²) in [6, 6.07) is 6.50. The molecule has 0 spiro atoms. The summed E-state index contributed by atoms with van der Waals surface area (Å²) in [6.07, 6.45) is 4.91. The van der Waals surface area contributed by atoms with E-state index in [0.717, 1.165) is 11.1 Å². The molecule has 0 aliphatic carbocycles. The molecular weight excluding hydrogens is 285 g/mol. The second-order valence-corrected chi connectivity index (χ2v) is 4.72. The monoisotopic (exact) mass is 299 g/mol. The highest BCUT2D eigenvalue weighted by atomic mass is 19.1. The predicted molar refractivity (Wildman–Crippen MR) is 79.7 cm³/mol. The number of nitrogen functional groups attached to an aromatic ring is 1. The van der Waals surface area contributed by atoms with Crippen molar-refractivity contribution in [1.29, 1.82) is 0 Å². The standard InChI is InChI=1S/C15H14FN5O/c1-22-14-3-2-10(4-12(14)16)7-21-8-11(6-20-21)13-5-15(17)19-9-18-13/h2-6,8-9H,7H2,1H3,(H2,17,18,19). The Morgan fingerprint density at radius 2 is 2.14 bits per heavy atom. The number of methoxy groups -OCH3 is 1. The van der Waals surface area contributed by atoms with Gasteiger partial charge >= 0.3 is 0 Å². The summed E-state index contributed by atoms with van der Waals surface area (Å²) >= 11 is 0. The molecule has 112 valence electrons. The first-order valence-electron chi connectivity index (χ1n) is 6.58. The van der Waals surface area contributed by atoms with Crippen LogP contribution in [-0.4, -0.2) is 26.9 Å². The Morgan fingerprint density at radius 3 is 2.86 bits per heavy atom. The lowest BCUT2D eigenvalue weighted by atomic mass is 10.2. The molecule has 0 fully saturated rings. The first-order chi connectivity index (χ1) is 10.7. The van der Waals surface area contributed by atoms with Crippen molar-refractivity contribution in [1.82, 2.24) is 19.7 Å². The molecule has 3 aromatic rings. The fourth-order valence-electron chi connectivity index (χ4n) is 2.11. The molecular formula is C15H14FN5O. The second-order valence-electron chi connectivity index (χ2n) is 4.72. The van der Waals surface area contributed by atoms with Gasteiger partial charge in [0.1, 0.15) is 12.1 Å². The molecule has 0 bridgehead atoms. The largest absolute Gasteiger partial charge is 0.494 e. The van der Waals surface area contributed by atoms with E-state index in [0.29, 0.717) is 18.1 Å². The lowest BCUT2D eigenvalue weighted by molar-refractivity contribution is 0.386. The first kappa shape index (κ1) is 14.0. The van der Waals surface area contributed by atoms with Crippen LogP contribution < -0.4 is 10.5 Å². The van der Waals surface area contributed by atoms with E-state index in [9.17, 15) is 4.39 Å². The van der Waals surface area contributed by atoms with Gasteiger partial charge in [-0.15, -0.1) is 0 Å². The maximum atomic E-state index is 13.7. The van der Waals surface area contributed by atoms with Crippen molar-refractivity contribution in [3.8, 4) is 17.0 Å². The summed E-state index contributed by atoms with van der Waals surface area (Å²) in [5.41, 5.74) is 7.94. The van der Waals surface area contributed by atoms with Gasteiger partial charge in [0.2, 0.25) is 0 Å². The molecule has 1 aromatic carbocycles. The minimum atomic E-state index is -0.393. The predicted octanol–water partition coefficient (Wildman–Crippen LogP) is 2.12. The van der Waals surface area contributed by atoms with Gasteiger partial charge in [-0.2, -0.15) is 5.10 Å². The van der Waals surface area contributed by atoms with Gasteiger partial charge in [0.05, 0.1) is 25.5 Å². The number of ether oxygens (including phenoxy) is 1. The Labute approximate surface area is 126 Å². The molecule has 2 N–H and O–H groups in total. The van der Waals surface area contributed by atoms with Crippen molar-refractivity contribution in [2.45, 2.75) is 6.54 Å². The Bertz CT molecular complexity index is 802. The highest BCUT2D eigenvalue weighted by molar-refractivity contribution is 5.59. The van der Waals surface area contributed by atoms with Crippen LogP contribution in [0.2, 0.25) is 0 Å². The Balaban J connectivity index is 1.81. The fourth-order valence-corrected chi connectivity index (χ4v) is 2.11. The third-order valence-electron chi connectivity index (χ3n) is 3.18. The summed E-state index contributed by atoms with van der Waals surface area (Å²) in [4.78, 5) is 8.00. The summed E-state index contributed by atoms with van der Waals surface area (Å²) in [7, 11) is 1.44. The van der Waals surface area contributed by atoms with Crippen LogP contribution in [0.5, 0.6) is 5.75 Å². The van der Waals surface area contributed by atoms with E-state index in [1.54, 1.807) is 29.1 Å². The number of rotatable bonds is 4. The van der Waals surface area contributed by atoms with E-state index < -0.39 is 5.82 Å². The Hall–Kier alpha value is -2.96. The maximum absolute atomic E-state index is 13.7. The van der Waals surface area contributed by atoms with E-state index in [1.807, 2.05) is 6.20 Å². The van der Waals surface area contributed by atoms with Gasteiger partial charge in [-0.3, -0.25) is 4.68 Å². The van der Waals surface area contributed by atoms with Gasteiger partial charge in [-0.1, -0.05) is 6.07 Å². The quantitative estimate of drug-likeness (QED) is 0.798. The molecule has 0 atom stereocenters. The normalized spacial score (nSPS) is 10.6. The van der Waals surface area contributed by atoms with E-state index in [4.69, 9.17) is 10.5 Å². The average Bonchev–Trinajstić information content (AvgIpc) is 2.96. The molecule has 22 heavy (non-hydrogen) atoms. The number of nitrogens with zero attached hydrogens (tertiary/aromatic N) is 4. The molecule has 0 saturated carbocycles. The summed E-state index contributed by atoms with van der Waals surface area (Å²) < 4.78 is 20.3. The first-order valence-corrected chi connectivity index (χ1v) is 6.58. The molecule has 2 aromatic heterocycles. The van der Waals surface area contributed by atoms with Crippen LogP contribution in [0, 0.1) is 5.82 Å². The number of halogens is 1. The number of benzene rings is 1. The van der Waals surface area contributed by atoms with Crippen molar-refractivity contribution in [3.05, 3.63) is 54.4 Å². The summed E-state index contributed by atoms with van der Waals surface area (Å²) in [5.74, 6) is 0.229. The zero-order valence-corrected chi connectivity index (χ0v) is 11.9. The topological polar surface area (TPSA) is 78.9 Å². The zero-order chi connectivity index (χ0) is 15.5. The van der Waals surface area contributed by atoms with Crippen molar-refractivity contribution in [2.24, 2.45) is 0 Å². The smallest absolute Gasteiger partial charge is 0.165 e. The summed E-state index contributed by atoms with van der Waals surface area (Å²) in [5, 5.41) is 4.25. The maximum Gasteiger partial charge on any atom is 0.165 e. The van der Waals surface area contributed by atoms with Crippen molar-refractivity contribution < 1.29 is 9.13 Å². The van der Waals surface area contributed by atoms with Gasteiger partial charge < -0.3 is 10.5 Å². The summed E-state index contributed by atoms with van der Waals surface area (Å²) in [6.45, 7) is 0.446. The SMILES string of the molecule is COc1ccc(Cn2cc(-c3cc(N)ncn3)cn2)cc1F. The number of anilines is 1. The molecule has 6 nitrogen and oxygen atoms in total. The fraction of sp³-hybridized carbons (Fsp3) is 0.133. The van der Waals surface area contributed by atoms with Gasteiger partial charge in [-0.05, 0) is 17.7 Å². The van der Waals surface area contributed by atoms with E-state index in [1.165, 1.54) is 19.5 Å². The van der Waals surface area contributed by atoms with Crippen LogP contribution in [0.1, 0.15) is 5.56 Å². The molecule has 3 rings (SSSR count).